The van der Waals surface area contributed by atoms with Crippen LogP contribution in [0.3, 0.4) is 0 Å². The molecule has 0 N–H and O–H groups in total. The molecular formula is C22H36O4. The molecule has 0 heterocycles. The van der Waals surface area contributed by atoms with Crippen LogP contribution in [0, 0.1) is 22.7 Å². The first-order valence-corrected chi connectivity index (χ1v) is 10.4. The standard InChI is InChI=1S/C22H36O4/c1-7-19(3,4)17(23)26-22-12-15-9-16(13-22)11-21(10-15,14-22)18(24)25-20(5,6)8-2/h15-16H,7-14H2,1-6H3. The van der Waals surface area contributed by atoms with Gasteiger partial charge in [0.25, 0.3) is 0 Å². The summed E-state index contributed by atoms with van der Waals surface area (Å²) in [7, 11) is 0. The fourth-order valence-electron chi connectivity index (χ4n) is 5.45. The summed E-state index contributed by atoms with van der Waals surface area (Å²) in [6.45, 7) is 11.9. The number of rotatable bonds is 6. The number of esters is 2. The van der Waals surface area contributed by atoms with Crippen molar-refractivity contribution < 1.29 is 19.1 Å². The van der Waals surface area contributed by atoms with Crippen molar-refractivity contribution in [1.29, 1.82) is 0 Å². The lowest BCUT2D eigenvalue weighted by Gasteiger charge is -2.60. The van der Waals surface area contributed by atoms with Crippen LogP contribution in [0.25, 0.3) is 0 Å². The molecule has 0 amide bonds. The lowest BCUT2D eigenvalue weighted by molar-refractivity contribution is -0.222. The third-order valence-electron chi connectivity index (χ3n) is 7.41. The van der Waals surface area contributed by atoms with Crippen molar-refractivity contribution in [2.24, 2.45) is 22.7 Å². The number of carbonyl (C=O) groups excluding carboxylic acids is 2. The Morgan fingerprint density at radius 3 is 2.04 bits per heavy atom. The molecule has 0 aliphatic heterocycles. The SMILES string of the molecule is CCC(C)(C)OC(=O)C12CC3CC(CC(OC(=O)C(C)(C)CC)(C3)C1)C2. The minimum atomic E-state index is -0.471. The summed E-state index contributed by atoms with van der Waals surface area (Å²) in [5, 5.41) is 0. The van der Waals surface area contributed by atoms with E-state index in [9.17, 15) is 9.59 Å². The lowest BCUT2D eigenvalue weighted by Crippen LogP contribution is -2.61. The van der Waals surface area contributed by atoms with E-state index in [0.717, 1.165) is 38.5 Å². The van der Waals surface area contributed by atoms with Gasteiger partial charge >= 0.3 is 11.9 Å². The van der Waals surface area contributed by atoms with Gasteiger partial charge in [-0.05, 0) is 84.5 Å². The van der Waals surface area contributed by atoms with Crippen molar-refractivity contribution in [3.05, 3.63) is 0 Å². The highest BCUT2D eigenvalue weighted by Crippen LogP contribution is 2.63. The first kappa shape index (κ1) is 19.7. The summed E-state index contributed by atoms with van der Waals surface area (Å²) in [5.74, 6) is 0.783. The van der Waals surface area contributed by atoms with E-state index in [1.54, 1.807) is 0 Å². The van der Waals surface area contributed by atoms with Crippen molar-refractivity contribution >= 4 is 11.9 Å². The summed E-state index contributed by atoms with van der Waals surface area (Å²) in [6, 6.07) is 0. The summed E-state index contributed by atoms with van der Waals surface area (Å²) in [5.41, 5.74) is -1.81. The molecule has 0 saturated heterocycles. The van der Waals surface area contributed by atoms with Crippen molar-refractivity contribution in [3.63, 3.8) is 0 Å². The fourth-order valence-corrected chi connectivity index (χ4v) is 5.45. The zero-order chi connectivity index (χ0) is 19.4. The largest absolute Gasteiger partial charge is 0.459 e. The maximum atomic E-state index is 13.2. The maximum Gasteiger partial charge on any atom is 0.312 e. The second-order valence-electron chi connectivity index (χ2n) is 10.6. The molecule has 0 radical (unpaired) electrons. The smallest absolute Gasteiger partial charge is 0.312 e. The summed E-state index contributed by atoms with van der Waals surface area (Å²) in [4.78, 5) is 26.0. The molecule has 2 atom stereocenters. The van der Waals surface area contributed by atoms with Gasteiger partial charge in [0, 0.05) is 6.42 Å². The van der Waals surface area contributed by atoms with E-state index in [1.807, 2.05) is 41.5 Å². The van der Waals surface area contributed by atoms with Crippen molar-refractivity contribution in [3.8, 4) is 0 Å². The molecule has 148 valence electrons. The molecule has 4 bridgehead atoms. The normalized spacial score (nSPS) is 36.1. The Morgan fingerprint density at radius 2 is 1.54 bits per heavy atom. The number of hydrogen-bond donors (Lipinski definition) is 0. The van der Waals surface area contributed by atoms with Crippen LogP contribution in [-0.2, 0) is 19.1 Å². The second kappa shape index (κ2) is 6.24. The number of carbonyl (C=O) groups is 2. The summed E-state index contributed by atoms with van der Waals surface area (Å²) in [6.07, 6.45) is 7.01. The second-order valence-corrected chi connectivity index (χ2v) is 10.6. The first-order valence-electron chi connectivity index (χ1n) is 10.4. The third-order valence-corrected chi connectivity index (χ3v) is 7.41. The quantitative estimate of drug-likeness (QED) is 0.620. The molecule has 26 heavy (non-hydrogen) atoms. The van der Waals surface area contributed by atoms with Gasteiger partial charge in [0.1, 0.15) is 11.2 Å². The molecule has 4 aliphatic carbocycles. The van der Waals surface area contributed by atoms with Gasteiger partial charge < -0.3 is 9.47 Å². The van der Waals surface area contributed by atoms with Crippen molar-refractivity contribution in [2.45, 2.75) is 104 Å². The van der Waals surface area contributed by atoms with Crippen LogP contribution >= 0.6 is 0 Å². The van der Waals surface area contributed by atoms with Crippen LogP contribution in [0.4, 0.5) is 0 Å². The zero-order valence-corrected chi connectivity index (χ0v) is 17.4. The maximum absolute atomic E-state index is 13.2. The average Bonchev–Trinajstić information content (AvgIpc) is 2.52. The van der Waals surface area contributed by atoms with Gasteiger partial charge in [-0.2, -0.15) is 0 Å². The van der Waals surface area contributed by atoms with Gasteiger partial charge in [-0.25, -0.2) is 0 Å². The Kier molecular flexibility index (Phi) is 4.73. The minimum absolute atomic E-state index is 0.0615. The molecule has 4 nitrogen and oxygen atoms in total. The van der Waals surface area contributed by atoms with Crippen molar-refractivity contribution in [1.82, 2.24) is 0 Å². The van der Waals surface area contributed by atoms with Gasteiger partial charge in [0.15, 0.2) is 0 Å². The van der Waals surface area contributed by atoms with Gasteiger partial charge in [-0.1, -0.05) is 13.8 Å². The van der Waals surface area contributed by atoms with Crippen LogP contribution in [0.2, 0.25) is 0 Å². The Morgan fingerprint density at radius 1 is 0.962 bits per heavy atom. The van der Waals surface area contributed by atoms with E-state index in [1.165, 1.54) is 6.42 Å². The van der Waals surface area contributed by atoms with E-state index >= 15 is 0 Å². The van der Waals surface area contributed by atoms with Gasteiger partial charge in [0.05, 0.1) is 10.8 Å². The van der Waals surface area contributed by atoms with Crippen LogP contribution in [0.5, 0.6) is 0 Å². The molecule has 4 fully saturated rings. The topological polar surface area (TPSA) is 52.6 Å². The Labute approximate surface area is 158 Å². The zero-order valence-electron chi connectivity index (χ0n) is 17.4. The Balaban J connectivity index is 1.83. The Bertz CT molecular complexity index is 575. The predicted octanol–water partition coefficient (Wildman–Crippen LogP) is 5.04. The van der Waals surface area contributed by atoms with E-state index in [4.69, 9.17) is 9.47 Å². The molecule has 4 heteroatoms. The highest BCUT2D eigenvalue weighted by atomic mass is 16.6. The van der Waals surface area contributed by atoms with Crippen LogP contribution < -0.4 is 0 Å². The van der Waals surface area contributed by atoms with Crippen LogP contribution in [0.1, 0.15) is 92.9 Å². The van der Waals surface area contributed by atoms with Crippen LogP contribution in [-0.4, -0.2) is 23.1 Å². The highest BCUT2D eigenvalue weighted by molar-refractivity contribution is 5.79. The van der Waals surface area contributed by atoms with Crippen LogP contribution in [0.15, 0.2) is 0 Å². The van der Waals surface area contributed by atoms with E-state index < -0.39 is 22.0 Å². The molecule has 4 aliphatic rings. The van der Waals surface area contributed by atoms with E-state index in [-0.39, 0.29) is 11.9 Å². The van der Waals surface area contributed by atoms with Gasteiger partial charge in [-0.3, -0.25) is 9.59 Å². The summed E-state index contributed by atoms with van der Waals surface area (Å²) >= 11 is 0. The molecule has 0 spiro atoms. The first-order chi connectivity index (χ1) is 11.9. The number of ether oxygens (including phenoxy) is 2. The lowest BCUT2D eigenvalue weighted by atomic mass is 9.48. The highest BCUT2D eigenvalue weighted by Gasteiger charge is 2.63. The van der Waals surface area contributed by atoms with Gasteiger partial charge in [0.2, 0.25) is 0 Å². The molecule has 0 aromatic carbocycles. The third kappa shape index (κ3) is 3.41. The predicted molar refractivity (Wildman–Crippen MR) is 100 cm³/mol. The van der Waals surface area contributed by atoms with Crippen molar-refractivity contribution in [2.75, 3.05) is 0 Å². The molecule has 0 aromatic heterocycles. The fraction of sp³-hybridized carbons (Fsp3) is 0.909. The van der Waals surface area contributed by atoms with Gasteiger partial charge in [-0.15, -0.1) is 0 Å². The molecule has 2 unspecified atom stereocenters. The molecule has 4 rings (SSSR count). The number of hydrogen-bond acceptors (Lipinski definition) is 4. The van der Waals surface area contributed by atoms with E-state index in [0.29, 0.717) is 18.3 Å². The summed E-state index contributed by atoms with van der Waals surface area (Å²) < 4.78 is 12.1. The Hall–Kier alpha value is -1.06. The average molecular weight is 365 g/mol. The molecule has 4 saturated carbocycles. The van der Waals surface area contributed by atoms with E-state index in [2.05, 4.69) is 0 Å². The molecular weight excluding hydrogens is 328 g/mol. The monoisotopic (exact) mass is 364 g/mol. The molecule has 0 aromatic rings. The minimum Gasteiger partial charge on any atom is -0.459 e.